The summed E-state index contributed by atoms with van der Waals surface area (Å²) in [5, 5.41) is 3.34. The molecule has 2 rings (SSSR count). The molecule has 0 spiro atoms. The van der Waals surface area contributed by atoms with Gasteiger partial charge in [0.25, 0.3) is 0 Å². The lowest BCUT2D eigenvalue weighted by Crippen LogP contribution is -2.04. The number of benzene rings is 1. The number of aromatic nitrogens is 1. The van der Waals surface area contributed by atoms with Gasteiger partial charge < -0.3 is 10.1 Å². The summed E-state index contributed by atoms with van der Waals surface area (Å²) >= 11 is 6.89. The Morgan fingerprint density at radius 2 is 2.05 bits per heavy atom. The normalized spacial score (nSPS) is 10.3. The number of ether oxygens (including phenoxy) is 1. The lowest BCUT2D eigenvalue weighted by atomic mass is 10.2. The second kappa shape index (κ2) is 6.39. The number of hydrogen-bond acceptors (Lipinski definition) is 3. The van der Waals surface area contributed by atoms with Gasteiger partial charge in [0.05, 0.1) is 25.0 Å². The second-order valence-corrected chi connectivity index (χ2v) is 5.91. The predicted octanol–water partition coefficient (Wildman–Crippen LogP) is 4.54. The van der Waals surface area contributed by atoms with Crippen molar-refractivity contribution < 1.29 is 4.74 Å². The number of aryl methyl sites for hydroxylation is 1. The van der Waals surface area contributed by atoms with Gasteiger partial charge in [-0.1, -0.05) is 6.07 Å². The largest absolute Gasteiger partial charge is 0.495 e. The van der Waals surface area contributed by atoms with Crippen molar-refractivity contribution in [3.05, 3.63) is 50.7 Å². The van der Waals surface area contributed by atoms with Crippen molar-refractivity contribution in [1.82, 2.24) is 4.98 Å². The molecule has 0 amide bonds. The highest BCUT2D eigenvalue weighted by Gasteiger charge is 2.06. The van der Waals surface area contributed by atoms with E-state index < -0.39 is 0 Å². The van der Waals surface area contributed by atoms with Crippen LogP contribution in [0.15, 0.2) is 39.4 Å². The molecule has 0 unspecified atom stereocenters. The maximum atomic E-state index is 5.36. The third kappa shape index (κ3) is 3.70. The van der Waals surface area contributed by atoms with E-state index in [9.17, 15) is 0 Å². The minimum atomic E-state index is 0.632. The van der Waals surface area contributed by atoms with E-state index in [1.54, 1.807) is 13.3 Å². The van der Waals surface area contributed by atoms with Crippen LogP contribution in [-0.4, -0.2) is 12.1 Å². The van der Waals surface area contributed by atoms with Gasteiger partial charge in [-0.15, -0.1) is 0 Å². The highest BCUT2D eigenvalue weighted by molar-refractivity contribution is 9.11. The fourth-order valence-corrected chi connectivity index (χ4v) is 2.82. The average Bonchev–Trinajstić information content (AvgIpc) is 2.39. The molecule has 1 heterocycles. The molecule has 0 radical (unpaired) electrons. The van der Waals surface area contributed by atoms with Gasteiger partial charge in [-0.3, -0.25) is 4.98 Å². The highest BCUT2D eigenvalue weighted by atomic mass is 79.9. The maximum Gasteiger partial charge on any atom is 0.142 e. The van der Waals surface area contributed by atoms with Crippen LogP contribution >= 0.6 is 31.9 Å². The van der Waals surface area contributed by atoms with E-state index in [1.807, 2.05) is 25.1 Å². The molecule has 0 saturated heterocycles. The minimum Gasteiger partial charge on any atom is -0.495 e. The zero-order valence-electron chi connectivity index (χ0n) is 10.7. The maximum absolute atomic E-state index is 5.36. The molecular formula is C14H14Br2N2O. The molecule has 5 heteroatoms. The number of pyridine rings is 1. The number of nitrogens with one attached hydrogen (secondary N) is 1. The molecule has 0 aliphatic heterocycles. The van der Waals surface area contributed by atoms with E-state index in [4.69, 9.17) is 4.74 Å². The summed E-state index contributed by atoms with van der Waals surface area (Å²) in [6.45, 7) is 2.67. The zero-order chi connectivity index (χ0) is 13.8. The van der Waals surface area contributed by atoms with E-state index in [-0.39, 0.29) is 0 Å². The Morgan fingerprint density at radius 1 is 1.26 bits per heavy atom. The summed E-state index contributed by atoms with van der Waals surface area (Å²) < 4.78 is 7.29. The number of nitrogens with zero attached hydrogens (tertiary/aromatic N) is 1. The van der Waals surface area contributed by atoms with E-state index >= 15 is 0 Å². The summed E-state index contributed by atoms with van der Waals surface area (Å²) in [7, 11) is 1.67. The molecule has 0 atom stereocenters. The molecular weight excluding hydrogens is 372 g/mol. The van der Waals surface area contributed by atoms with Crippen LogP contribution in [0.1, 0.15) is 11.3 Å². The van der Waals surface area contributed by atoms with Crippen molar-refractivity contribution in [2.24, 2.45) is 0 Å². The van der Waals surface area contributed by atoms with Crippen LogP contribution in [-0.2, 0) is 6.54 Å². The van der Waals surface area contributed by atoms with Crippen molar-refractivity contribution in [3.63, 3.8) is 0 Å². The lowest BCUT2D eigenvalue weighted by molar-refractivity contribution is 0.416. The Kier molecular flexibility index (Phi) is 4.82. The smallest absolute Gasteiger partial charge is 0.142 e. The standard InChI is InChI=1S/C14H14Br2N2O/c1-9-3-4-12(14(5-9)19-2)18-8-13-11(16)6-10(15)7-17-13/h3-7,18H,8H2,1-2H3. The molecule has 1 aromatic carbocycles. The van der Waals surface area contributed by atoms with Gasteiger partial charge in [-0.05, 0) is 62.5 Å². The Morgan fingerprint density at radius 3 is 2.74 bits per heavy atom. The molecule has 0 fully saturated rings. The second-order valence-electron chi connectivity index (χ2n) is 4.14. The van der Waals surface area contributed by atoms with Crippen LogP contribution in [0.3, 0.4) is 0 Å². The number of hydrogen-bond donors (Lipinski definition) is 1. The number of anilines is 1. The molecule has 0 aliphatic carbocycles. The van der Waals surface area contributed by atoms with Gasteiger partial charge in [0.15, 0.2) is 0 Å². The minimum absolute atomic E-state index is 0.632. The summed E-state index contributed by atoms with van der Waals surface area (Å²) in [5.74, 6) is 0.841. The van der Waals surface area contributed by atoms with Crippen LogP contribution in [0, 0.1) is 6.92 Å². The molecule has 1 N–H and O–H groups in total. The van der Waals surface area contributed by atoms with Crippen LogP contribution in [0.4, 0.5) is 5.69 Å². The van der Waals surface area contributed by atoms with Gasteiger partial charge in [0.2, 0.25) is 0 Å². The van der Waals surface area contributed by atoms with Crippen molar-refractivity contribution >= 4 is 37.5 Å². The van der Waals surface area contributed by atoms with Crippen LogP contribution in [0.2, 0.25) is 0 Å². The molecule has 100 valence electrons. The van der Waals surface area contributed by atoms with Crippen molar-refractivity contribution in [2.45, 2.75) is 13.5 Å². The van der Waals surface area contributed by atoms with Crippen LogP contribution in [0.25, 0.3) is 0 Å². The molecule has 0 bridgehead atoms. The average molecular weight is 386 g/mol. The quantitative estimate of drug-likeness (QED) is 0.839. The van der Waals surface area contributed by atoms with E-state index in [2.05, 4.69) is 48.2 Å². The first-order chi connectivity index (χ1) is 9.10. The lowest BCUT2D eigenvalue weighted by Gasteiger charge is -2.12. The van der Waals surface area contributed by atoms with Gasteiger partial charge in [-0.2, -0.15) is 0 Å². The van der Waals surface area contributed by atoms with Gasteiger partial charge in [0.1, 0.15) is 5.75 Å². The Balaban J connectivity index is 2.14. The van der Waals surface area contributed by atoms with Crippen molar-refractivity contribution in [1.29, 1.82) is 0 Å². The SMILES string of the molecule is COc1cc(C)ccc1NCc1ncc(Br)cc1Br. The van der Waals surface area contributed by atoms with E-state index in [0.29, 0.717) is 6.54 Å². The summed E-state index contributed by atoms with van der Waals surface area (Å²) in [6.07, 6.45) is 1.79. The first-order valence-corrected chi connectivity index (χ1v) is 7.37. The van der Waals surface area contributed by atoms with Crippen molar-refractivity contribution in [2.75, 3.05) is 12.4 Å². The zero-order valence-corrected chi connectivity index (χ0v) is 13.9. The molecule has 0 saturated carbocycles. The predicted molar refractivity (Wildman–Crippen MR) is 84.7 cm³/mol. The van der Waals surface area contributed by atoms with Gasteiger partial charge in [0, 0.05) is 15.1 Å². The summed E-state index contributed by atoms with van der Waals surface area (Å²) in [6, 6.07) is 8.05. The topological polar surface area (TPSA) is 34.1 Å². The number of methoxy groups -OCH3 is 1. The number of rotatable bonds is 4. The first-order valence-electron chi connectivity index (χ1n) is 5.78. The monoisotopic (exact) mass is 384 g/mol. The van der Waals surface area contributed by atoms with Gasteiger partial charge >= 0.3 is 0 Å². The Labute approximate surface area is 129 Å². The summed E-state index contributed by atoms with van der Waals surface area (Å²) in [4.78, 5) is 4.37. The Hall–Kier alpha value is -1.07. The fraction of sp³-hybridized carbons (Fsp3) is 0.214. The number of halogens is 2. The third-order valence-electron chi connectivity index (χ3n) is 2.69. The fourth-order valence-electron chi connectivity index (χ4n) is 1.70. The van der Waals surface area contributed by atoms with E-state index in [1.165, 1.54) is 5.56 Å². The van der Waals surface area contributed by atoms with Crippen molar-refractivity contribution in [3.8, 4) is 5.75 Å². The first kappa shape index (κ1) is 14.3. The van der Waals surface area contributed by atoms with Crippen LogP contribution < -0.4 is 10.1 Å². The third-order valence-corrected chi connectivity index (χ3v) is 3.81. The van der Waals surface area contributed by atoms with Crippen LogP contribution in [0.5, 0.6) is 5.75 Å². The molecule has 0 aliphatic rings. The molecule has 3 nitrogen and oxygen atoms in total. The highest BCUT2D eigenvalue weighted by Crippen LogP contribution is 2.27. The molecule has 1 aromatic heterocycles. The van der Waals surface area contributed by atoms with E-state index in [0.717, 1.165) is 26.1 Å². The Bertz CT molecular complexity index is 588. The molecule has 2 aromatic rings. The molecule has 19 heavy (non-hydrogen) atoms. The van der Waals surface area contributed by atoms with Gasteiger partial charge in [-0.25, -0.2) is 0 Å². The summed E-state index contributed by atoms with van der Waals surface area (Å²) in [5.41, 5.74) is 3.08.